The molecule has 3 nitrogen and oxygen atoms in total. The third kappa shape index (κ3) is 6.92. The Morgan fingerprint density at radius 1 is 1.39 bits per heavy atom. The molecule has 0 aliphatic heterocycles. The van der Waals surface area contributed by atoms with Crippen LogP contribution >= 0.6 is 0 Å². The molecule has 1 rings (SSSR count). The summed E-state index contributed by atoms with van der Waals surface area (Å²) in [7, 11) is 0. The zero-order chi connectivity index (χ0) is 17.2. The standard InChI is InChI=1S/C20H27N3/c1-6-8-15(3)16(4)11-19(12-17(5)22-7-2)13-18-9-10-20(21)23-14-18/h6-12,14,17H,3,13H2,1-2,4-5H3,(H2,21,23). The lowest BCUT2D eigenvalue weighted by atomic mass is 9.99. The van der Waals surface area contributed by atoms with Crippen LogP contribution in [-0.4, -0.2) is 17.2 Å². The number of rotatable bonds is 7. The molecular weight excluding hydrogens is 282 g/mol. The molecule has 0 radical (unpaired) electrons. The minimum atomic E-state index is 0.135. The van der Waals surface area contributed by atoms with Crippen molar-refractivity contribution in [2.75, 3.05) is 5.73 Å². The molecular formula is C20H27N3. The monoisotopic (exact) mass is 309 g/mol. The normalized spacial score (nSPS) is 14.6. The van der Waals surface area contributed by atoms with Crippen LogP contribution in [0.1, 0.15) is 33.3 Å². The fraction of sp³-hybridized carbons (Fsp3) is 0.300. The molecule has 0 spiro atoms. The second kappa shape index (κ2) is 9.57. The molecule has 0 aromatic carbocycles. The van der Waals surface area contributed by atoms with E-state index in [4.69, 9.17) is 5.73 Å². The van der Waals surface area contributed by atoms with Crippen LogP contribution in [0.5, 0.6) is 0 Å². The van der Waals surface area contributed by atoms with Gasteiger partial charge in [0, 0.05) is 6.20 Å². The highest BCUT2D eigenvalue weighted by Gasteiger charge is 2.03. The van der Waals surface area contributed by atoms with Gasteiger partial charge < -0.3 is 5.73 Å². The second-order valence-corrected chi connectivity index (χ2v) is 5.51. The van der Waals surface area contributed by atoms with Gasteiger partial charge in [0.05, 0.1) is 6.04 Å². The highest BCUT2D eigenvalue weighted by atomic mass is 14.8. The number of pyridine rings is 1. The van der Waals surface area contributed by atoms with Crippen molar-refractivity contribution in [3.8, 4) is 0 Å². The van der Waals surface area contributed by atoms with Gasteiger partial charge in [-0.15, -0.1) is 0 Å². The van der Waals surface area contributed by atoms with Gasteiger partial charge in [-0.2, -0.15) is 0 Å². The number of nitrogens with two attached hydrogens (primary N) is 1. The number of nitrogen functional groups attached to an aromatic ring is 1. The van der Waals surface area contributed by atoms with E-state index in [1.54, 1.807) is 0 Å². The van der Waals surface area contributed by atoms with E-state index in [2.05, 4.69) is 42.6 Å². The molecule has 0 saturated carbocycles. The van der Waals surface area contributed by atoms with Crippen LogP contribution in [-0.2, 0) is 6.42 Å². The molecule has 122 valence electrons. The smallest absolute Gasteiger partial charge is 0.123 e. The molecule has 0 aliphatic rings. The number of anilines is 1. The Kier molecular flexibility index (Phi) is 7.75. The highest BCUT2D eigenvalue weighted by Crippen LogP contribution is 2.17. The zero-order valence-electron chi connectivity index (χ0n) is 14.6. The van der Waals surface area contributed by atoms with E-state index in [0.29, 0.717) is 5.82 Å². The third-order valence-electron chi connectivity index (χ3n) is 3.37. The van der Waals surface area contributed by atoms with E-state index in [0.717, 1.165) is 23.1 Å². The summed E-state index contributed by atoms with van der Waals surface area (Å²) >= 11 is 0. The van der Waals surface area contributed by atoms with Crippen molar-refractivity contribution in [1.29, 1.82) is 0 Å². The molecule has 0 saturated heterocycles. The van der Waals surface area contributed by atoms with Crippen LogP contribution in [0, 0.1) is 0 Å². The Hall–Kier alpha value is -2.42. The number of nitrogens with zero attached hydrogens (tertiary/aromatic N) is 2. The molecule has 1 aromatic heterocycles. The lowest BCUT2D eigenvalue weighted by Crippen LogP contribution is -1.99. The summed E-state index contributed by atoms with van der Waals surface area (Å²) in [5.74, 6) is 0.538. The predicted molar refractivity (Wildman–Crippen MR) is 102 cm³/mol. The van der Waals surface area contributed by atoms with Gasteiger partial charge in [0.2, 0.25) is 0 Å². The first-order chi connectivity index (χ1) is 11.0. The first-order valence-electron chi connectivity index (χ1n) is 7.85. The van der Waals surface area contributed by atoms with Crippen LogP contribution < -0.4 is 5.73 Å². The van der Waals surface area contributed by atoms with Gasteiger partial charge in [-0.3, -0.25) is 4.99 Å². The van der Waals surface area contributed by atoms with E-state index >= 15 is 0 Å². The fourth-order valence-electron chi connectivity index (χ4n) is 2.23. The Morgan fingerprint density at radius 2 is 2.13 bits per heavy atom. The average molecular weight is 309 g/mol. The maximum Gasteiger partial charge on any atom is 0.123 e. The van der Waals surface area contributed by atoms with E-state index in [9.17, 15) is 0 Å². The summed E-state index contributed by atoms with van der Waals surface area (Å²) in [5, 5.41) is 0. The minimum absolute atomic E-state index is 0.135. The van der Waals surface area contributed by atoms with Crippen LogP contribution in [0.3, 0.4) is 0 Å². The van der Waals surface area contributed by atoms with Crippen LogP contribution in [0.2, 0.25) is 0 Å². The summed E-state index contributed by atoms with van der Waals surface area (Å²) in [4.78, 5) is 8.57. The molecule has 23 heavy (non-hydrogen) atoms. The van der Waals surface area contributed by atoms with Crippen molar-refractivity contribution >= 4 is 12.0 Å². The predicted octanol–water partition coefficient (Wildman–Crippen LogP) is 4.69. The van der Waals surface area contributed by atoms with E-state index in [1.807, 2.05) is 50.5 Å². The van der Waals surface area contributed by atoms with Gasteiger partial charge in [-0.25, -0.2) is 4.98 Å². The second-order valence-electron chi connectivity index (χ2n) is 5.51. The Balaban J connectivity index is 3.08. The molecule has 1 unspecified atom stereocenters. The van der Waals surface area contributed by atoms with Gasteiger partial charge in [0.15, 0.2) is 0 Å². The number of aliphatic imine (C=N–C) groups is 1. The lowest BCUT2D eigenvalue weighted by molar-refractivity contribution is 0.915. The summed E-state index contributed by atoms with van der Waals surface area (Å²) in [6.45, 7) is 12.2. The average Bonchev–Trinajstić information content (AvgIpc) is 2.50. The fourth-order valence-corrected chi connectivity index (χ4v) is 2.23. The van der Waals surface area contributed by atoms with Crippen molar-refractivity contribution in [3.63, 3.8) is 0 Å². The molecule has 3 heteroatoms. The van der Waals surface area contributed by atoms with Gasteiger partial charge in [0.1, 0.15) is 5.82 Å². The Morgan fingerprint density at radius 3 is 2.70 bits per heavy atom. The number of aromatic nitrogens is 1. The van der Waals surface area contributed by atoms with Gasteiger partial charge in [-0.05, 0) is 68.7 Å². The van der Waals surface area contributed by atoms with Crippen LogP contribution in [0.4, 0.5) is 5.82 Å². The molecule has 0 fully saturated rings. The molecule has 1 atom stereocenters. The summed E-state index contributed by atoms with van der Waals surface area (Å²) in [6.07, 6.45) is 12.8. The summed E-state index contributed by atoms with van der Waals surface area (Å²) in [6, 6.07) is 3.97. The zero-order valence-corrected chi connectivity index (χ0v) is 14.6. The van der Waals surface area contributed by atoms with Crippen molar-refractivity contribution < 1.29 is 0 Å². The highest BCUT2D eigenvalue weighted by molar-refractivity contribution is 5.54. The van der Waals surface area contributed by atoms with E-state index in [-0.39, 0.29) is 6.04 Å². The molecule has 0 aliphatic carbocycles. The number of hydrogen-bond donors (Lipinski definition) is 1. The largest absolute Gasteiger partial charge is 0.384 e. The van der Waals surface area contributed by atoms with E-state index in [1.165, 1.54) is 5.57 Å². The minimum Gasteiger partial charge on any atom is -0.384 e. The van der Waals surface area contributed by atoms with Crippen LogP contribution in [0.25, 0.3) is 0 Å². The molecule has 2 N–H and O–H groups in total. The molecule has 1 aromatic rings. The maximum absolute atomic E-state index is 5.66. The lowest BCUT2D eigenvalue weighted by Gasteiger charge is -2.09. The Labute approximate surface area is 140 Å². The molecule has 1 heterocycles. The third-order valence-corrected chi connectivity index (χ3v) is 3.37. The first kappa shape index (κ1) is 18.6. The Bertz CT molecular complexity index is 631. The van der Waals surface area contributed by atoms with Crippen LogP contribution in [0.15, 0.2) is 70.9 Å². The van der Waals surface area contributed by atoms with Gasteiger partial charge in [-0.1, -0.05) is 36.9 Å². The van der Waals surface area contributed by atoms with Crippen molar-refractivity contribution in [2.45, 2.75) is 40.2 Å². The van der Waals surface area contributed by atoms with Crippen molar-refractivity contribution in [1.82, 2.24) is 4.98 Å². The maximum atomic E-state index is 5.66. The topological polar surface area (TPSA) is 51.3 Å². The summed E-state index contributed by atoms with van der Waals surface area (Å²) < 4.78 is 0. The number of hydrogen-bond acceptors (Lipinski definition) is 3. The SMILES string of the molecule is C=C(C=CC)C(C)=CC(=CC(C)N=CC)Cc1ccc(N)nc1. The molecule has 0 bridgehead atoms. The van der Waals surface area contributed by atoms with E-state index < -0.39 is 0 Å². The van der Waals surface area contributed by atoms with Gasteiger partial charge >= 0.3 is 0 Å². The number of allylic oxidation sites excluding steroid dienone is 6. The van der Waals surface area contributed by atoms with Crippen molar-refractivity contribution in [3.05, 3.63) is 71.5 Å². The molecule has 0 amide bonds. The van der Waals surface area contributed by atoms with Crippen molar-refractivity contribution in [2.24, 2.45) is 4.99 Å². The van der Waals surface area contributed by atoms with Gasteiger partial charge in [0.25, 0.3) is 0 Å². The summed E-state index contributed by atoms with van der Waals surface area (Å²) in [5.41, 5.74) is 10.1. The quantitative estimate of drug-likeness (QED) is 0.587. The first-order valence-corrected chi connectivity index (χ1v) is 7.85.